The second kappa shape index (κ2) is 12.2. The fourth-order valence-electron chi connectivity index (χ4n) is 2.52. The number of unbranched alkanes of at least 4 members (excludes halogenated alkanes) is 4. The molecule has 0 fully saturated rings. The van der Waals surface area contributed by atoms with Gasteiger partial charge in [-0.05, 0) is 61.4 Å². The highest BCUT2D eigenvalue weighted by Crippen LogP contribution is 2.19. The molecule has 6 nitrogen and oxygen atoms in total. The van der Waals surface area contributed by atoms with E-state index in [4.69, 9.17) is 14.2 Å². The Morgan fingerprint density at radius 1 is 0.828 bits per heavy atom. The number of hydrogen-bond donors (Lipinski definition) is 1. The summed E-state index contributed by atoms with van der Waals surface area (Å²) < 4.78 is 15.8. The molecule has 0 aliphatic heterocycles. The summed E-state index contributed by atoms with van der Waals surface area (Å²) in [5, 5.41) is 9.24. The topological polar surface area (TPSA) is 82.1 Å². The molecule has 2 aromatic carbocycles. The minimum atomic E-state index is -0.471. The minimum absolute atomic E-state index is 0.111. The SMILES string of the molecule is C=CC(=O)OCCCCCCCOc1ccc(C(=O)Oc2ccc(O)cc2)cc1. The van der Waals surface area contributed by atoms with Crippen molar-refractivity contribution < 1.29 is 28.9 Å². The molecule has 2 aromatic rings. The molecule has 0 bridgehead atoms. The average molecular weight is 398 g/mol. The van der Waals surface area contributed by atoms with Crippen LogP contribution in [0.15, 0.2) is 61.2 Å². The molecule has 0 spiro atoms. The fraction of sp³-hybridized carbons (Fsp3) is 0.304. The van der Waals surface area contributed by atoms with Crippen LogP contribution in [0.2, 0.25) is 0 Å². The van der Waals surface area contributed by atoms with Crippen molar-refractivity contribution in [1.29, 1.82) is 0 Å². The van der Waals surface area contributed by atoms with Crippen molar-refractivity contribution in [2.75, 3.05) is 13.2 Å². The molecule has 29 heavy (non-hydrogen) atoms. The molecule has 0 saturated carbocycles. The molecule has 0 atom stereocenters. The molecule has 0 unspecified atom stereocenters. The Morgan fingerprint density at radius 3 is 2.07 bits per heavy atom. The molecule has 154 valence electrons. The van der Waals surface area contributed by atoms with Gasteiger partial charge in [0.15, 0.2) is 0 Å². The third-order valence-corrected chi connectivity index (χ3v) is 4.11. The van der Waals surface area contributed by atoms with Crippen LogP contribution in [0.4, 0.5) is 0 Å². The van der Waals surface area contributed by atoms with Crippen LogP contribution >= 0.6 is 0 Å². The third-order valence-electron chi connectivity index (χ3n) is 4.11. The van der Waals surface area contributed by atoms with E-state index in [1.165, 1.54) is 30.3 Å². The van der Waals surface area contributed by atoms with Crippen molar-refractivity contribution >= 4 is 11.9 Å². The van der Waals surface area contributed by atoms with Crippen molar-refractivity contribution in [1.82, 2.24) is 0 Å². The number of ether oxygens (including phenoxy) is 3. The zero-order chi connectivity index (χ0) is 20.9. The summed E-state index contributed by atoms with van der Waals surface area (Å²) in [6.45, 7) is 4.38. The highest BCUT2D eigenvalue weighted by Gasteiger charge is 2.09. The number of hydrogen-bond acceptors (Lipinski definition) is 6. The Labute approximate surface area is 170 Å². The zero-order valence-corrected chi connectivity index (χ0v) is 16.3. The third kappa shape index (κ3) is 8.51. The predicted octanol–water partition coefficient (Wildman–Crippen LogP) is 4.67. The summed E-state index contributed by atoms with van der Waals surface area (Å²) >= 11 is 0. The number of esters is 2. The Kier molecular flexibility index (Phi) is 9.29. The number of benzene rings is 2. The van der Waals surface area contributed by atoms with Gasteiger partial charge in [-0.15, -0.1) is 0 Å². The summed E-state index contributed by atoms with van der Waals surface area (Å²) in [5.41, 5.74) is 0.419. The van der Waals surface area contributed by atoms with Crippen LogP contribution in [0.1, 0.15) is 42.5 Å². The van der Waals surface area contributed by atoms with Crippen LogP contribution in [-0.4, -0.2) is 30.3 Å². The van der Waals surface area contributed by atoms with Gasteiger partial charge in [-0.1, -0.05) is 25.8 Å². The Balaban J connectivity index is 1.60. The highest BCUT2D eigenvalue weighted by atomic mass is 16.5. The maximum atomic E-state index is 12.1. The lowest BCUT2D eigenvalue weighted by Gasteiger charge is -2.08. The summed E-state index contributed by atoms with van der Waals surface area (Å²) in [6.07, 6.45) is 6.04. The van der Waals surface area contributed by atoms with E-state index in [0.29, 0.717) is 30.3 Å². The van der Waals surface area contributed by atoms with E-state index in [2.05, 4.69) is 6.58 Å². The first-order valence-electron chi connectivity index (χ1n) is 9.62. The van der Waals surface area contributed by atoms with Gasteiger partial charge >= 0.3 is 11.9 Å². The number of rotatable bonds is 12. The zero-order valence-electron chi connectivity index (χ0n) is 16.3. The van der Waals surface area contributed by atoms with Gasteiger partial charge < -0.3 is 19.3 Å². The van der Waals surface area contributed by atoms with Gasteiger partial charge in [-0.2, -0.15) is 0 Å². The van der Waals surface area contributed by atoms with E-state index in [1.54, 1.807) is 24.3 Å². The Morgan fingerprint density at radius 2 is 1.41 bits per heavy atom. The maximum absolute atomic E-state index is 12.1. The second-order valence-corrected chi connectivity index (χ2v) is 6.40. The van der Waals surface area contributed by atoms with Gasteiger partial charge in [0.25, 0.3) is 0 Å². The molecule has 0 saturated heterocycles. The first kappa shape index (κ1) is 22.0. The number of phenolic OH excluding ortho intramolecular Hbond substituents is 1. The number of aromatic hydroxyl groups is 1. The molecule has 0 aromatic heterocycles. The van der Waals surface area contributed by atoms with E-state index in [0.717, 1.165) is 32.1 Å². The molecule has 0 aliphatic carbocycles. The lowest BCUT2D eigenvalue weighted by molar-refractivity contribution is -0.137. The largest absolute Gasteiger partial charge is 0.508 e. The molecule has 0 heterocycles. The van der Waals surface area contributed by atoms with E-state index in [1.807, 2.05) is 0 Å². The van der Waals surface area contributed by atoms with Crippen molar-refractivity contribution in [2.45, 2.75) is 32.1 Å². The minimum Gasteiger partial charge on any atom is -0.508 e. The van der Waals surface area contributed by atoms with Crippen LogP contribution in [0, 0.1) is 0 Å². The van der Waals surface area contributed by atoms with Gasteiger partial charge in [-0.3, -0.25) is 0 Å². The summed E-state index contributed by atoms with van der Waals surface area (Å²) in [7, 11) is 0. The second-order valence-electron chi connectivity index (χ2n) is 6.40. The standard InChI is InChI=1S/C23H26O6/c1-2-22(25)28-17-7-5-3-4-6-16-27-20-12-8-18(9-13-20)23(26)29-21-14-10-19(24)11-15-21/h2,8-15,24H,1,3-7,16-17H2. The van der Waals surface area contributed by atoms with E-state index in [9.17, 15) is 14.7 Å². The molecular weight excluding hydrogens is 372 g/mol. The van der Waals surface area contributed by atoms with Crippen molar-refractivity contribution in [3.63, 3.8) is 0 Å². The summed E-state index contributed by atoms with van der Waals surface area (Å²) in [5.74, 6) is 0.328. The number of carbonyl (C=O) groups is 2. The van der Waals surface area contributed by atoms with Gasteiger partial charge in [0, 0.05) is 6.08 Å². The quantitative estimate of drug-likeness (QED) is 0.242. The lowest BCUT2D eigenvalue weighted by Crippen LogP contribution is -2.08. The molecule has 0 radical (unpaired) electrons. The maximum Gasteiger partial charge on any atom is 0.343 e. The van der Waals surface area contributed by atoms with E-state index >= 15 is 0 Å². The predicted molar refractivity (Wildman–Crippen MR) is 109 cm³/mol. The highest BCUT2D eigenvalue weighted by molar-refractivity contribution is 5.91. The Bertz CT molecular complexity index is 780. The van der Waals surface area contributed by atoms with Crippen LogP contribution in [0.5, 0.6) is 17.2 Å². The molecule has 0 aliphatic rings. The molecule has 1 N–H and O–H groups in total. The van der Waals surface area contributed by atoms with Crippen molar-refractivity contribution in [3.05, 3.63) is 66.7 Å². The summed E-state index contributed by atoms with van der Waals surface area (Å²) in [4.78, 5) is 23.0. The normalized spacial score (nSPS) is 10.2. The van der Waals surface area contributed by atoms with Crippen LogP contribution < -0.4 is 9.47 Å². The monoisotopic (exact) mass is 398 g/mol. The van der Waals surface area contributed by atoms with Crippen LogP contribution in [0.3, 0.4) is 0 Å². The van der Waals surface area contributed by atoms with Gasteiger partial charge in [0.2, 0.25) is 0 Å². The van der Waals surface area contributed by atoms with Gasteiger partial charge in [0.05, 0.1) is 18.8 Å². The van der Waals surface area contributed by atoms with Gasteiger partial charge in [-0.25, -0.2) is 9.59 Å². The van der Waals surface area contributed by atoms with E-state index < -0.39 is 5.97 Å². The van der Waals surface area contributed by atoms with Crippen molar-refractivity contribution in [3.8, 4) is 17.2 Å². The fourth-order valence-corrected chi connectivity index (χ4v) is 2.52. The molecule has 2 rings (SSSR count). The van der Waals surface area contributed by atoms with Gasteiger partial charge in [0.1, 0.15) is 17.2 Å². The lowest BCUT2D eigenvalue weighted by atomic mass is 10.1. The molecule has 6 heteroatoms. The first-order valence-corrected chi connectivity index (χ1v) is 9.62. The molecular formula is C23H26O6. The van der Waals surface area contributed by atoms with Crippen LogP contribution in [-0.2, 0) is 9.53 Å². The summed E-state index contributed by atoms with van der Waals surface area (Å²) in [6, 6.07) is 12.7. The number of carbonyl (C=O) groups excluding carboxylic acids is 2. The first-order chi connectivity index (χ1) is 14.1. The van der Waals surface area contributed by atoms with Crippen molar-refractivity contribution in [2.24, 2.45) is 0 Å². The average Bonchev–Trinajstić information content (AvgIpc) is 2.74. The number of phenols is 1. The van der Waals surface area contributed by atoms with E-state index in [-0.39, 0.29) is 11.7 Å². The Hall–Kier alpha value is -3.28. The molecule has 0 amide bonds. The van der Waals surface area contributed by atoms with Crippen LogP contribution in [0.25, 0.3) is 0 Å². The smallest absolute Gasteiger partial charge is 0.343 e.